The monoisotopic (exact) mass is 298 g/mol. The lowest BCUT2D eigenvalue weighted by atomic mass is 10.0. The molecule has 4 nitrogen and oxygen atoms in total. The van der Waals surface area contributed by atoms with Crippen molar-refractivity contribution in [1.29, 1.82) is 0 Å². The average molecular weight is 298 g/mol. The molecule has 1 aromatic heterocycles. The summed E-state index contributed by atoms with van der Waals surface area (Å²) in [5.41, 5.74) is 8.15. The van der Waals surface area contributed by atoms with Crippen molar-refractivity contribution < 1.29 is 0 Å². The molecule has 2 aromatic rings. The van der Waals surface area contributed by atoms with Gasteiger partial charge in [0.15, 0.2) is 5.11 Å². The van der Waals surface area contributed by atoms with E-state index in [2.05, 4.69) is 52.9 Å². The van der Waals surface area contributed by atoms with Crippen molar-refractivity contribution in [2.45, 2.75) is 20.8 Å². The summed E-state index contributed by atoms with van der Waals surface area (Å²) in [6, 6.07) is 10.00. The molecular weight excluding hydrogens is 280 g/mol. The summed E-state index contributed by atoms with van der Waals surface area (Å²) in [5, 5.41) is 7.76. The fourth-order valence-corrected chi connectivity index (χ4v) is 1.92. The largest absolute Gasteiger partial charge is 0.330 e. The Morgan fingerprint density at radius 2 is 2.00 bits per heavy atom. The number of aryl methyl sites for hydroxylation is 2. The second-order valence-electron chi connectivity index (χ2n) is 4.80. The van der Waals surface area contributed by atoms with E-state index in [9.17, 15) is 0 Å². The van der Waals surface area contributed by atoms with Crippen LogP contribution in [0.4, 0.5) is 5.69 Å². The molecule has 1 heterocycles. The molecule has 0 aliphatic carbocycles. The fraction of sp³-hybridized carbons (Fsp3) is 0.188. The average Bonchev–Trinajstić information content (AvgIpc) is 2.48. The Hall–Kier alpha value is -2.27. The zero-order valence-corrected chi connectivity index (χ0v) is 13.2. The van der Waals surface area contributed by atoms with E-state index < -0.39 is 0 Å². The van der Waals surface area contributed by atoms with Crippen molar-refractivity contribution in [3.05, 3.63) is 59.4 Å². The van der Waals surface area contributed by atoms with Crippen molar-refractivity contribution in [1.82, 2.24) is 10.4 Å². The van der Waals surface area contributed by atoms with Crippen molar-refractivity contribution >= 4 is 28.7 Å². The first-order valence-corrected chi connectivity index (χ1v) is 7.06. The molecule has 2 rings (SSSR count). The highest BCUT2D eigenvalue weighted by atomic mass is 32.1. The molecule has 0 atom stereocenters. The van der Waals surface area contributed by atoms with Gasteiger partial charge in [-0.3, -0.25) is 10.4 Å². The molecule has 0 saturated heterocycles. The normalized spacial score (nSPS) is 11.1. The van der Waals surface area contributed by atoms with Gasteiger partial charge >= 0.3 is 0 Å². The highest BCUT2D eigenvalue weighted by Gasteiger charge is 2.01. The van der Waals surface area contributed by atoms with E-state index in [1.165, 1.54) is 11.1 Å². The number of hydrogen-bond acceptors (Lipinski definition) is 3. The molecular formula is C16H18N4S. The van der Waals surface area contributed by atoms with Gasteiger partial charge in [-0.05, 0) is 67.9 Å². The summed E-state index contributed by atoms with van der Waals surface area (Å²) in [7, 11) is 0. The van der Waals surface area contributed by atoms with Crippen LogP contribution >= 0.6 is 12.2 Å². The molecule has 0 bridgehead atoms. The summed E-state index contributed by atoms with van der Waals surface area (Å²) >= 11 is 5.19. The maximum atomic E-state index is 5.19. The number of anilines is 1. The number of nitrogens with one attached hydrogen (secondary N) is 2. The summed E-state index contributed by atoms with van der Waals surface area (Å²) in [4.78, 5) is 4.01. The lowest BCUT2D eigenvalue weighted by molar-refractivity contribution is 1.04. The first kappa shape index (κ1) is 15.1. The summed E-state index contributed by atoms with van der Waals surface area (Å²) in [6.45, 7) is 6.13. The maximum Gasteiger partial charge on any atom is 0.191 e. The van der Waals surface area contributed by atoms with Crippen LogP contribution in [0.5, 0.6) is 0 Å². The molecule has 0 aliphatic heterocycles. The van der Waals surface area contributed by atoms with Crippen LogP contribution in [0.2, 0.25) is 0 Å². The van der Waals surface area contributed by atoms with Gasteiger partial charge < -0.3 is 5.32 Å². The quantitative estimate of drug-likeness (QED) is 0.518. The van der Waals surface area contributed by atoms with Crippen molar-refractivity contribution in [3.63, 3.8) is 0 Å². The highest BCUT2D eigenvalue weighted by molar-refractivity contribution is 7.80. The van der Waals surface area contributed by atoms with Crippen LogP contribution in [0.3, 0.4) is 0 Å². The molecule has 0 radical (unpaired) electrons. The van der Waals surface area contributed by atoms with Gasteiger partial charge in [-0.2, -0.15) is 5.10 Å². The first-order chi connectivity index (χ1) is 10.1. The second kappa shape index (κ2) is 6.95. The third kappa shape index (κ3) is 4.36. The van der Waals surface area contributed by atoms with Crippen LogP contribution in [0.25, 0.3) is 0 Å². The van der Waals surface area contributed by atoms with E-state index in [0.29, 0.717) is 5.11 Å². The minimum atomic E-state index is 0.436. The second-order valence-corrected chi connectivity index (χ2v) is 5.21. The lowest BCUT2D eigenvalue weighted by Crippen LogP contribution is -2.25. The predicted molar refractivity (Wildman–Crippen MR) is 91.7 cm³/mol. The first-order valence-electron chi connectivity index (χ1n) is 6.65. The number of hydrazone groups is 1. The molecule has 5 heteroatoms. The SMILES string of the molecule is C/C(=N\NC(=S)Nc1cccnc1)c1ccc(C)c(C)c1. The Bertz CT molecular complexity index is 665. The van der Waals surface area contributed by atoms with Gasteiger partial charge in [0.2, 0.25) is 0 Å². The van der Waals surface area contributed by atoms with Crippen LogP contribution < -0.4 is 10.7 Å². The third-order valence-electron chi connectivity index (χ3n) is 3.17. The zero-order chi connectivity index (χ0) is 15.2. The predicted octanol–water partition coefficient (Wildman–Crippen LogP) is 3.41. The van der Waals surface area contributed by atoms with E-state index in [0.717, 1.165) is 17.0 Å². The maximum absolute atomic E-state index is 5.19. The lowest BCUT2D eigenvalue weighted by Gasteiger charge is -2.08. The standard InChI is InChI=1S/C16H18N4S/c1-11-6-7-14(9-12(11)2)13(3)19-20-16(21)18-15-5-4-8-17-10-15/h4-10H,1-3H3,(H2,18,20,21)/b19-13+. The summed E-state index contributed by atoms with van der Waals surface area (Å²) in [6.07, 6.45) is 3.41. The van der Waals surface area contributed by atoms with Crippen molar-refractivity contribution in [2.75, 3.05) is 5.32 Å². The minimum absolute atomic E-state index is 0.436. The van der Waals surface area contributed by atoms with Gasteiger partial charge in [0.1, 0.15) is 0 Å². The van der Waals surface area contributed by atoms with E-state index in [1.54, 1.807) is 12.4 Å². The van der Waals surface area contributed by atoms with Gasteiger partial charge in [-0.1, -0.05) is 12.1 Å². The smallest absolute Gasteiger partial charge is 0.191 e. The molecule has 0 aliphatic rings. The van der Waals surface area contributed by atoms with E-state index >= 15 is 0 Å². The van der Waals surface area contributed by atoms with Crippen LogP contribution in [-0.2, 0) is 0 Å². The molecule has 0 fully saturated rings. The van der Waals surface area contributed by atoms with Crippen LogP contribution in [0.1, 0.15) is 23.6 Å². The molecule has 1 aromatic carbocycles. The molecule has 0 spiro atoms. The molecule has 0 unspecified atom stereocenters. The highest BCUT2D eigenvalue weighted by Crippen LogP contribution is 2.10. The number of hydrogen-bond donors (Lipinski definition) is 2. The molecule has 21 heavy (non-hydrogen) atoms. The van der Waals surface area contributed by atoms with Gasteiger partial charge in [0, 0.05) is 6.20 Å². The number of benzene rings is 1. The van der Waals surface area contributed by atoms with Gasteiger partial charge in [0.05, 0.1) is 17.6 Å². The number of aromatic nitrogens is 1. The summed E-state index contributed by atoms with van der Waals surface area (Å²) in [5.74, 6) is 0. The van der Waals surface area contributed by atoms with Crippen LogP contribution in [0.15, 0.2) is 47.8 Å². The van der Waals surface area contributed by atoms with Gasteiger partial charge in [-0.15, -0.1) is 0 Å². The van der Waals surface area contributed by atoms with Crippen LogP contribution in [-0.4, -0.2) is 15.8 Å². The van der Waals surface area contributed by atoms with E-state index in [1.807, 2.05) is 19.1 Å². The fourth-order valence-electron chi connectivity index (χ4n) is 1.76. The Balaban J connectivity index is 1.99. The number of rotatable bonds is 3. The number of pyridine rings is 1. The molecule has 108 valence electrons. The zero-order valence-electron chi connectivity index (χ0n) is 12.3. The molecule has 0 saturated carbocycles. The topological polar surface area (TPSA) is 49.3 Å². The number of thiocarbonyl (C=S) groups is 1. The summed E-state index contributed by atoms with van der Waals surface area (Å²) < 4.78 is 0. The number of nitrogens with zero attached hydrogens (tertiary/aromatic N) is 2. The molecule has 2 N–H and O–H groups in total. The Morgan fingerprint density at radius 1 is 1.19 bits per heavy atom. The Labute approximate surface area is 130 Å². The van der Waals surface area contributed by atoms with E-state index in [4.69, 9.17) is 12.2 Å². The van der Waals surface area contributed by atoms with Gasteiger partial charge in [0.25, 0.3) is 0 Å². The van der Waals surface area contributed by atoms with E-state index in [-0.39, 0.29) is 0 Å². The Kier molecular flexibility index (Phi) is 5.00. The van der Waals surface area contributed by atoms with Crippen molar-refractivity contribution in [2.24, 2.45) is 5.10 Å². The minimum Gasteiger partial charge on any atom is -0.330 e. The molecule has 0 amide bonds. The van der Waals surface area contributed by atoms with Gasteiger partial charge in [-0.25, -0.2) is 0 Å². The third-order valence-corrected chi connectivity index (χ3v) is 3.36. The van der Waals surface area contributed by atoms with Crippen LogP contribution in [0, 0.1) is 13.8 Å². The van der Waals surface area contributed by atoms with Crippen molar-refractivity contribution in [3.8, 4) is 0 Å². The Morgan fingerprint density at radius 3 is 2.67 bits per heavy atom.